The fraction of sp³-hybridized carbons (Fsp3) is 0.355. The number of alkyl halides is 5. The predicted molar refractivity (Wildman–Crippen MR) is 155 cm³/mol. The minimum absolute atomic E-state index is 0.0821. The summed E-state index contributed by atoms with van der Waals surface area (Å²) in [5.41, 5.74) is 0.354. The molecule has 0 aliphatic carbocycles. The molecule has 0 radical (unpaired) electrons. The van der Waals surface area contributed by atoms with E-state index in [4.69, 9.17) is 0 Å². The van der Waals surface area contributed by atoms with Crippen LogP contribution in [0.1, 0.15) is 58.8 Å². The number of benzene rings is 3. The van der Waals surface area contributed by atoms with Gasteiger partial charge in [-0.2, -0.15) is 22.0 Å². The van der Waals surface area contributed by atoms with Gasteiger partial charge in [0.1, 0.15) is 0 Å². The molecule has 2 amide bonds. The van der Waals surface area contributed by atoms with E-state index in [9.17, 15) is 45.1 Å². The van der Waals surface area contributed by atoms with Crippen molar-refractivity contribution in [1.82, 2.24) is 5.32 Å². The molecule has 3 aromatic carbocycles. The second-order valence-corrected chi connectivity index (χ2v) is 12.7. The van der Waals surface area contributed by atoms with Crippen LogP contribution < -0.4 is 10.2 Å². The number of sulfone groups is 1. The number of amides is 2. The van der Waals surface area contributed by atoms with E-state index in [1.54, 1.807) is 0 Å². The second-order valence-electron chi connectivity index (χ2n) is 10.4. The van der Waals surface area contributed by atoms with E-state index in [0.717, 1.165) is 12.1 Å². The molecule has 1 fully saturated rings. The van der Waals surface area contributed by atoms with E-state index in [-0.39, 0.29) is 34.7 Å². The Morgan fingerprint density at radius 3 is 2.16 bits per heavy atom. The van der Waals surface area contributed by atoms with Gasteiger partial charge in [-0.3, -0.25) is 9.59 Å². The minimum atomic E-state index is -4.55. The number of carbonyl (C=O) groups excluding carboxylic acids is 2. The van der Waals surface area contributed by atoms with Gasteiger partial charge < -0.3 is 20.1 Å². The number of hydrogen-bond donors (Lipinski definition) is 2. The summed E-state index contributed by atoms with van der Waals surface area (Å²) >= 11 is 0. The topological polar surface area (TPSA) is 113 Å². The smallest absolute Gasteiger partial charge is 0.394 e. The summed E-state index contributed by atoms with van der Waals surface area (Å²) < 4.78 is 93.5. The average molecular weight is 655 g/mol. The molecule has 14 heteroatoms. The maximum Gasteiger partial charge on any atom is 0.416 e. The van der Waals surface area contributed by atoms with Crippen LogP contribution in [-0.4, -0.2) is 57.0 Å². The van der Waals surface area contributed by atoms with Crippen molar-refractivity contribution >= 4 is 27.3 Å². The number of aliphatic hydroxyl groups excluding tert-OH is 1. The van der Waals surface area contributed by atoms with Crippen molar-refractivity contribution in [3.8, 4) is 0 Å². The van der Waals surface area contributed by atoms with Crippen molar-refractivity contribution < 1.29 is 49.8 Å². The molecule has 1 aliphatic rings. The van der Waals surface area contributed by atoms with E-state index in [0.29, 0.717) is 11.1 Å². The Kier molecular flexibility index (Phi) is 10.6. The lowest BCUT2D eigenvalue weighted by Crippen LogP contribution is -2.49. The monoisotopic (exact) mass is 654 g/mol. The maximum atomic E-state index is 13.6. The van der Waals surface area contributed by atoms with Gasteiger partial charge in [-0.05, 0) is 72.5 Å². The van der Waals surface area contributed by atoms with E-state index in [1.165, 1.54) is 72.5 Å². The number of rotatable bonds is 11. The quantitative estimate of drug-likeness (QED) is 0.265. The van der Waals surface area contributed by atoms with Gasteiger partial charge in [0.15, 0.2) is 9.84 Å². The van der Waals surface area contributed by atoms with Crippen LogP contribution in [0, 0.1) is 0 Å². The molecular weight excluding hydrogens is 623 g/mol. The first-order valence-corrected chi connectivity index (χ1v) is 15.6. The summed E-state index contributed by atoms with van der Waals surface area (Å²) in [4.78, 5) is 28.0. The van der Waals surface area contributed by atoms with Crippen molar-refractivity contribution in [2.24, 2.45) is 0 Å². The summed E-state index contributed by atoms with van der Waals surface area (Å²) in [7, 11) is -3.43. The van der Waals surface area contributed by atoms with Gasteiger partial charge >= 0.3 is 12.8 Å². The predicted octanol–water partition coefficient (Wildman–Crippen LogP) is 5.48. The van der Waals surface area contributed by atoms with Gasteiger partial charge in [0.05, 0.1) is 47.4 Å². The molecule has 0 aromatic heterocycles. The first kappa shape index (κ1) is 34.0. The Labute approximate surface area is 256 Å². The summed E-state index contributed by atoms with van der Waals surface area (Å²) in [6, 6.07) is 14.0. The third kappa shape index (κ3) is 8.05. The molecule has 1 heterocycles. The van der Waals surface area contributed by atoms with Crippen LogP contribution in [-0.2, 0) is 25.5 Å². The van der Waals surface area contributed by atoms with Crippen LogP contribution >= 0.6 is 0 Å². The summed E-state index contributed by atoms with van der Waals surface area (Å²) in [6.07, 6.45) is -4.12. The standard InChI is InChI=1S/C31H31F5N2O6S/c1-2-45(42,43)25-14-7-20(8-15-25)27(17-39)37-28(40)21-5-11-23(12-6-21)38-24(18-44-30(32)33)13-16-26(29(38)41)19-3-9-22(10-4-19)31(34,35)36/h3-12,14-15,24,26-27,30,39H,2,13,16-18H2,1H3,(H,37,40)/t24?,26-,27+/m1/s1. The number of nitrogens with zero attached hydrogens (tertiary/aromatic N) is 1. The Morgan fingerprint density at radius 1 is 1.00 bits per heavy atom. The lowest BCUT2D eigenvalue weighted by molar-refractivity contribution is -0.138. The Bertz CT molecular complexity index is 1580. The lowest BCUT2D eigenvalue weighted by Gasteiger charge is -2.39. The fourth-order valence-electron chi connectivity index (χ4n) is 5.18. The molecule has 0 spiro atoms. The number of nitrogens with one attached hydrogen (secondary N) is 1. The van der Waals surface area contributed by atoms with Crippen molar-refractivity contribution in [2.45, 2.75) is 55.5 Å². The molecule has 0 bridgehead atoms. The van der Waals surface area contributed by atoms with Gasteiger partial charge in [0.25, 0.3) is 5.91 Å². The first-order valence-electron chi connectivity index (χ1n) is 14.0. The average Bonchev–Trinajstić information content (AvgIpc) is 3.02. The van der Waals surface area contributed by atoms with Crippen LogP contribution in [0.2, 0.25) is 0 Å². The number of hydrogen-bond acceptors (Lipinski definition) is 6. The van der Waals surface area contributed by atoms with Crippen LogP contribution in [0.5, 0.6) is 0 Å². The largest absolute Gasteiger partial charge is 0.416 e. The fourth-order valence-corrected chi connectivity index (χ4v) is 6.06. The highest BCUT2D eigenvalue weighted by Gasteiger charge is 2.38. The molecular formula is C31H31F5N2O6S. The van der Waals surface area contributed by atoms with E-state index in [2.05, 4.69) is 10.1 Å². The molecule has 45 heavy (non-hydrogen) atoms. The molecule has 8 nitrogen and oxygen atoms in total. The van der Waals surface area contributed by atoms with Gasteiger partial charge in [-0.1, -0.05) is 31.2 Å². The number of piperidine rings is 1. The van der Waals surface area contributed by atoms with Gasteiger partial charge in [0.2, 0.25) is 5.91 Å². The normalized spacial score (nSPS) is 18.2. The van der Waals surface area contributed by atoms with Crippen molar-refractivity contribution in [3.05, 3.63) is 95.1 Å². The number of anilines is 1. The highest BCUT2D eigenvalue weighted by molar-refractivity contribution is 7.91. The zero-order valence-corrected chi connectivity index (χ0v) is 24.8. The summed E-state index contributed by atoms with van der Waals surface area (Å²) in [5.74, 6) is -2.02. The second kappa shape index (κ2) is 14.0. The van der Waals surface area contributed by atoms with E-state index in [1.807, 2.05) is 0 Å². The molecule has 2 N–H and O–H groups in total. The molecule has 3 aromatic rings. The first-order chi connectivity index (χ1) is 21.2. The zero-order valence-electron chi connectivity index (χ0n) is 24.0. The molecule has 3 atom stereocenters. The Morgan fingerprint density at radius 2 is 1.62 bits per heavy atom. The third-order valence-corrected chi connectivity index (χ3v) is 9.41. The molecule has 0 saturated carbocycles. The summed E-state index contributed by atoms with van der Waals surface area (Å²) in [6.45, 7) is -2.53. The molecule has 1 saturated heterocycles. The molecule has 1 unspecified atom stereocenters. The SMILES string of the molecule is CCS(=O)(=O)c1ccc([C@H](CO)NC(=O)c2ccc(N3C(=O)[C@@H](c4ccc(C(F)(F)F)cc4)CCC3COC(F)F)cc2)cc1. The molecule has 4 rings (SSSR count). The minimum Gasteiger partial charge on any atom is -0.394 e. The highest BCUT2D eigenvalue weighted by atomic mass is 32.2. The van der Waals surface area contributed by atoms with Gasteiger partial charge in [-0.25, -0.2) is 8.42 Å². The highest BCUT2D eigenvalue weighted by Crippen LogP contribution is 2.37. The van der Waals surface area contributed by atoms with Crippen molar-refractivity contribution in [2.75, 3.05) is 23.9 Å². The van der Waals surface area contributed by atoms with Crippen LogP contribution in [0.4, 0.5) is 27.6 Å². The lowest BCUT2D eigenvalue weighted by atomic mass is 9.86. The number of ether oxygens (including phenoxy) is 1. The van der Waals surface area contributed by atoms with Gasteiger partial charge in [-0.15, -0.1) is 0 Å². The van der Waals surface area contributed by atoms with Crippen LogP contribution in [0.3, 0.4) is 0 Å². The number of aliphatic hydroxyl groups is 1. The summed E-state index contributed by atoms with van der Waals surface area (Å²) in [5, 5.41) is 12.6. The molecule has 242 valence electrons. The van der Waals surface area contributed by atoms with Crippen molar-refractivity contribution in [1.29, 1.82) is 0 Å². The maximum absolute atomic E-state index is 13.6. The molecule has 1 aliphatic heterocycles. The Hall–Kier alpha value is -3.88. The van der Waals surface area contributed by atoms with E-state index < -0.39 is 71.2 Å². The third-order valence-electron chi connectivity index (χ3n) is 7.66. The van der Waals surface area contributed by atoms with Crippen LogP contribution in [0.25, 0.3) is 0 Å². The number of halogens is 5. The Balaban J connectivity index is 1.53. The van der Waals surface area contributed by atoms with E-state index >= 15 is 0 Å². The van der Waals surface area contributed by atoms with Crippen molar-refractivity contribution in [3.63, 3.8) is 0 Å². The number of carbonyl (C=O) groups is 2. The zero-order chi connectivity index (χ0) is 32.9. The van der Waals surface area contributed by atoms with Gasteiger partial charge in [0, 0.05) is 11.3 Å². The van der Waals surface area contributed by atoms with Crippen LogP contribution in [0.15, 0.2) is 77.7 Å².